The summed E-state index contributed by atoms with van der Waals surface area (Å²) in [7, 11) is -3.45. The van der Waals surface area contributed by atoms with Gasteiger partial charge in [-0.15, -0.1) is 0 Å². The van der Waals surface area contributed by atoms with Gasteiger partial charge in [0, 0.05) is 6.04 Å². The standard InChI is InChI=1S/C17H27NO2S/c1-11-8-6-7-9-16(11)18-21(19,20)17-14(4)12(2)10-13(3)15(17)5/h10-11,16,18H,6-9H2,1-5H3/t11-,16-/m0/s1. The molecule has 118 valence electrons. The van der Waals surface area contributed by atoms with Crippen LogP contribution in [0, 0.1) is 33.6 Å². The molecule has 4 heteroatoms. The minimum absolute atomic E-state index is 0.0726. The van der Waals surface area contributed by atoms with Crippen LogP contribution in [0.4, 0.5) is 0 Å². The van der Waals surface area contributed by atoms with Gasteiger partial charge in [-0.05, 0) is 68.7 Å². The molecule has 0 unspecified atom stereocenters. The highest BCUT2D eigenvalue weighted by atomic mass is 32.2. The molecule has 0 aromatic heterocycles. The van der Waals surface area contributed by atoms with Gasteiger partial charge in [-0.3, -0.25) is 0 Å². The maximum Gasteiger partial charge on any atom is 0.241 e. The largest absolute Gasteiger partial charge is 0.241 e. The normalized spacial score (nSPS) is 23.3. The van der Waals surface area contributed by atoms with Gasteiger partial charge in [0.15, 0.2) is 0 Å². The Hall–Kier alpha value is -0.870. The Morgan fingerprint density at radius 3 is 2.05 bits per heavy atom. The summed E-state index contributed by atoms with van der Waals surface area (Å²) in [5.41, 5.74) is 3.81. The molecule has 1 aliphatic rings. The Labute approximate surface area is 129 Å². The Kier molecular flexibility index (Phi) is 4.79. The highest BCUT2D eigenvalue weighted by molar-refractivity contribution is 7.89. The fourth-order valence-corrected chi connectivity index (χ4v) is 5.33. The van der Waals surface area contributed by atoms with Gasteiger partial charge in [0.1, 0.15) is 0 Å². The number of rotatable bonds is 3. The molecule has 0 aliphatic heterocycles. The molecular formula is C17H27NO2S. The SMILES string of the molecule is Cc1cc(C)c(C)c(S(=O)(=O)N[C@H]2CCCC[C@@H]2C)c1C. The molecule has 1 N–H and O–H groups in total. The molecule has 1 saturated carbocycles. The van der Waals surface area contributed by atoms with Crippen molar-refractivity contribution in [3.05, 3.63) is 28.3 Å². The van der Waals surface area contributed by atoms with Crippen molar-refractivity contribution >= 4 is 10.0 Å². The first-order valence-corrected chi connectivity index (χ1v) is 9.32. The second kappa shape index (κ2) is 6.09. The first-order chi connectivity index (χ1) is 9.74. The third kappa shape index (κ3) is 3.32. The van der Waals surface area contributed by atoms with Crippen LogP contribution in [0.3, 0.4) is 0 Å². The maximum absolute atomic E-state index is 12.9. The van der Waals surface area contributed by atoms with Gasteiger partial charge < -0.3 is 0 Å². The average molecular weight is 309 g/mol. The third-order valence-corrected chi connectivity index (χ3v) is 6.75. The van der Waals surface area contributed by atoms with E-state index in [2.05, 4.69) is 17.7 Å². The van der Waals surface area contributed by atoms with Crippen molar-refractivity contribution < 1.29 is 8.42 Å². The van der Waals surface area contributed by atoms with Crippen LogP contribution in [0.15, 0.2) is 11.0 Å². The molecule has 0 bridgehead atoms. The summed E-state index contributed by atoms with van der Waals surface area (Å²) in [6.45, 7) is 9.91. The molecule has 21 heavy (non-hydrogen) atoms. The first-order valence-electron chi connectivity index (χ1n) is 7.83. The molecule has 1 aromatic rings. The Morgan fingerprint density at radius 2 is 1.52 bits per heavy atom. The fourth-order valence-electron chi connectivity index (χ4n) is 3.33. The van der Waals surface area contributed by atoms with Crippen LogP contribution in [0.5, 0.6) is 0 Å². The lowest BCUT2D eigenvalue weighted by atomic mass is 9.87. The zero-order valence-electron chi connectivity index (χ0n) is 13.8. The number of nitrogens with one attached hydrogen (secondary N) is 1. The van der Waals surface area contributed by atoms with Crippen LogP contribution in [-0.4, -0.2) is 14.5 Å². The van der Waals surface area contributed by atoms with Crippen LogP contribution >= 0.6 is 0 Å². The zero-order chi connectivity index (χ0) is 15.8. The third-order valence-electron chi connectivity index (χ3n) is 4.98. The molecule has 2 rings (SSSR count). The van der Waals surface area contributed by atoms with E-state index < -0.39 is 10.0 Å². The monoisotopic (exact) mass is 309 g/mol. The quantitative estimate of drug-likeness (QED) is 0.923. The summed E-state index contributed by atoms with van der Waals surface area (Å²) in [4.78, 5) is 0.484. The van der Waals surface area contributed by atoms with Crippen LogP contribution < -0.4 is 4.72 Å². The van der Waals surface area contributed by atoms with E-state index in [1.165, 1.54) is 6.42 Å². The van der Waals surface area contributed by atoms with E-state index in [0.29, 0.717) is 10.8 Å². The number of aryl methyl sites for hydroxylation is 2. The molecule has 1 aliphatic carbocycles. The first kappa shape index (κ1) is 16.5. The second-order valence-corrected chi connectivity index (χ2v) is 8.23. The topological polar surface area (TPSA) is 46.2 Å². The minimum Gasteiger partial charge on any atom is -0.208 e. The molecule has 1 aromatic carbocycles. The molecule has 0 saturated heterocycles. The van der Waals surface area contributed by atoms with E-state index >= 15 is 0 Å². The fraction of sp³-hybridized carbons (Fsp3) is 0.647. The van der Waals surface area contributed by atoms with E-state index in [-0.39, 0.29) is 6.04 Å². The van der Waals surface area contributed by atoms with Crippen molar-refractivity contribution in [2.75, 3.05) is 0 Å². The van der Waals surface area contributed by atoms with Crippen LogP contribution in [0.1, 0.15) is 54.9 Å². The van der Waals surface area contributed by atoms with Gasteiger partial charge in [-0.1, -0.05) is 25.8 Å². The van der Waals surface area contributed by atoms with E-state index in [1.54, 1.807) is 0 Å². The molecule has 0 radical (unpaired) electrons. The zero-order valence-corrected chi connectivity index (χ0v) is 14.6. The summed E-state index contributed by atoms with van der Waals surface area (Å²) in [5, 5.41) is 0. The maximum atomic E-state index is 12.9. The van der Waals surface area contributed by atoms with Crippen molar-refractivity contribution in [3.63, 3.8) is 0 Å². The average Bonchev–Trinajstić information content (AvgIpc) is 2.39. The lowest BCUT2D eigenvalue weighted by molar-refractivity contribution is 0.310. The van der Waals surface area contributed by atoms with Gasteiger partial charge in [-0.2, -0.15) is 0 Å². The molecule has 0 amide bonds. The highest BCUT2D eigenvalue weighted by Crippen LogP contribution is 2.29. The Morgan fingerprint density at radius 1 is 1.00 bits per heavy atom. The molecule has 3 nitrogen and oxygen atoms in total. The van der Waals surface area contributed by atoms with E-state index in [1.807, 2.05) is 27.7 Å². The lowest BCUT2D eigenvalue weighted by Gasteiger charge is -2.30. The number of sulfonamides is 1. The predicted molar refractivity (Wildman–Crippen MR) is 87.1 cm³/mol. The predicted octanol–water partition coefficient (Wildman–Crippen LogP) is 3.78. The number of hydrogen-bond donors (Lipinski definition) is 1. The van der Waals surface area contributed by atoms with E-state index in [0.717, 1.165) is 41.5 Å². The van der Waals surface area contributed by atoms with Gasteiger partial charge in [0.25, 0.3) is 0 Å². The minimum atomic E-state index is -3.45. The highest BCUT2D eigenvalue weighted by Gasteiger charge is 2.29. The molecule has 0 spiro atoms. The van der Waals surface area contributed by atoms with Gasteiger partial charge in [-0.25, -0.2) is 13.1 Å². The summed E-state index contributed by atoms with van der Waals surface area (Å²) < 4.78 is 28.7. The molecule has 1 fully saturated rings. The van der Waals surface area contributed by atoms with Crippen molar-refractivity contribution in [2.45, 2.75) is 71.2 Å². The van der Waals surface area contributed by atoms with Crippen LogP contribution in [0.25, 0.3) is 0 Å². The van der Waals surface area contributed by atoms with Crippen molar-refractivity contribution in [1.82, 2.24) is 4.72 Å². The van der Waals surface area contributed by atoms with Gasteiger partial charge in [0.05, 0.1) is 4.90 Å². The Balaban J connectivity index is 2.40. The van der Waals surface area contributed by atoms with Gasteiger partial charge in [0.2, 0.25) is 10.0 Å². The summed E-state index contributed by atoms with van der Waals surface area (Å²) in [5.74, 6) is 0.417. The van der Waals surface area contributed by atoms with Gasteiger partial charge >= 0.3 is 0 Å². The Bertz CT molecular complexity index is 608. The molecule has 2 atom stereocenters. The van der Waals surface area contributed by atoms with E-state index in [9.17, 15) is 8.42 Å². The molecule has 0 heterocycles. The van der Waals surface area contributed by atoms with Crippen LogP contribution in [-0.2, 0) is 10.0 Å². The van der Waals surface area contributed by atoms with Crippen LogP contribution in [0.2, 0.25) is 0 Å². The molecular weight excluding hydrogens is 282 g/mol. The van der Waals surface area contributed by atoms with Crippen molar-refractivity contribution in [3.8, 4) is 0 Å². The number of benzene rings is 1. The summed E-state index contributed by atoms with van der Waals surface area (Å²) >= 11 is 0. The summed E-state index contributed by atoms with van der Waals surface area (Å²) in [6, 6.07) is 2.13. The van der Waals surface area contributed by atoms with E-state index in [4.69, 9.17) is 0 Å². The number of hydrogen-bond acceptors (Lipinski definition) is 2. The van der Waals surface area contributed by atoms with Crippen molar-refractivity contribution in [2.24, 2.45) is 5.92 Å². The van der Waals surface area contributed by atoms with Crippen molar-refractivity contribution in [1.29, 1.82) is 0 Å². The smallest absolute Gasteiger partial charge is 0.208 e. The lowest BCUT2D eigenvalue weighted by Crippen LogP contribution is -2.41. The summed E-state index contributed by atoms with van der Waals surface area (Å²) in [6.07, 6.45) is 4.38. The second-order valence-electron chi connectivity index (χ2n) is 6.58.